The normalized spacial score (nSPS) is 22.9. The molecule has 21 heavy (non-hydrogen) atoms. The maximum absolute atomic E-state index is 12.3. The molecule has 1 saturated heterocycles. The predicted molar refractivity (Wildman–Crippen MR) is 74.7 cm³/mol. The van der Waals surface area contributed by atoms with Crippen molar-refractivity contribution in [1.82, 2.24) is 0 Å². The number of hydrogen-bond donors (Lipinski definition) is 1. The Morgan fingerprint density at radius 1 is 1.33 bits per heavy atom. The van der Waals surface area contributed by atoms with Crippen LogP contribution >= 0.6 is 0 Å². The lowest BCUT2D eigenvalue weighted by molar-refractivity contribution is -0.153. The molecule has 1 fully saturated rings. The van der Waals surface area contributed by atoms with Gasteiger partial charge in [0.1, 0.15) is 5.75 Å². The van der Waals surface area contributed by atoms with Gasteiger partial charge >= 0.3 is 6.18 Å². The summed E-state index contributed by atoms with van der Waals surface area (Å²) in [6.45, 7) is 1.45. The third-order valence-electron chi connectivity index (χ3n) is 3.46. The smallest absolute Gasteiger partial charge is 0.422 e. The van der Waals surface area contributed by atoms with Crippen molar-refractivity contribution in [3.05, 3.63) is 24.3 Å². The number of hydrogen-bond acceptors (Lipinski definition) is 3. The van der Waals surface area contributed by atoms with Gasteiger partial charge in [-0.05, 0) is 31.4 Å². The van der Waals surface area contributed by atoms with Gasteiger partial charge in [-0.25, -0.2) is 0 Å². The molecule has 6 heteroatoms. The van der Waals surface area contributed by atoms with E-state index in [2.05, 4.69) is 12.2 Å². The number of benzene rings is 1. The fourth-order valence-electron chi connectivity index (χ4n) is 2.39. The van der Waals surface area contributed by atoms with Crippen LogP contribution in [-0.4, -0.2) is 31.5 Å². The van der Waals surface area contributed by atoms with E-state index in [0.29, 0.717) is 12.3 Å². The van der Waals surface area contributed by atoms with E-state index < -0.39 is 12.8 Å². The summed E-state index contributed by atoms with van der Waals surface area (Å²) in [5.41, 5.74) is 0.600. The fourth-order valence-corrected chi connectivity index (χ4v) is 2.39. The van der Waals surface area contributed by atoms with E-state index >= 15 is 0 Å². The van der Waals surface area contributed by atoms with Gasteiger partial charge in [0.05, 0.1) is 11.8 Å². The molecule has 2 unspecified atom stereocenters. The summed E-state index contributed by atoms with van der Waals surface area (Å²) < 4.78 is 47.3. The second-order valence-electron chi connectivity index (χ2n) is 5.17. The lowest BCUT2D eigenvalue weighted by atomic mass is 10.0. The van der Waals surface area contributed by atoms with Crippen LogP contribution in [0.2, 0.25) is 0 Å². The Balaban J connectivity index is 1.99. The Bertz CT molecular complexity index is 451. The molecule has 1 N–H and O–H groups in total. The van der Waals surface area contributed by atoms with Gasteiger partial charge in [0.2, 0.25) is 0 Å². The van der Waals surface area contributed by atoms with Crippen molar-refractivity contribution in [1.29, 1.82) is 0 Å². The minimum absolute atomic E-state index is 0.194. The van der Waals surface area contributed by atoms with Gasteiger partial charge in [-0.3, -0.25) is 0 Å². The van der Waals surface area contributed by atoms with Gasteiger partial charge in [-0.2, -0.15) is 13.2 Å². The van der Waals surface area contributed by atoms with Crippen molar-refractivity contribution in [2.24, 2.45) is 0 Å². The second kappa shape index (κ2) is 7.02. The molecule has 0 bridgehead atoms. The van der Waals surface area contributed by atoms with Crippen molar-refractivity contribution < 1.29 is 22.6 Å². The average Bonchev–Trinajstić information content (AvgIpc) is 2.46. The first kappa shape index (κ1) is 15.9. The standard InChI is InChI=1S/C15H20F3NO2/c1-2-12-9-11(7-8-20-12)19-13-5-3-4-6-14(13)21-10-15(16,17)18/h3-6,11-12,19H,2,7-10H2,1H3. The topological polar surface area (TPSA) is 30.5 Å². The average molecular weight is 303 g/mol. The molecule has 0 spiro atoms. The van der Waals surface area contributed by atoms with Crippen LogP contribution in [0.15, 0.2) is 24.3 Å². The molecule has 2 rings (SSSR count). The van der Waals surface area contributed by atoms with E-state index in [1.54, 1.807) is 24.3 Å². The van der Waals surface area contributed by atoms with Gasteiger partial charge in [-0.15, -0.1) is 0 Å². The number of alkyl halides is 3. The van der Waals surface area contributed by atoms with Gasteiger partial charge in [0.15, 0.2) is 6.61 Å². The molecule has 0 saturated carbocycles. The third kappa shape index (κ3) is 5.12. The summed E-state index contributed by atoms with van der Waals surface area (Å²) in [6, 6.07) is 6.92. The molecule has 0 aromatic heterocycles. The van der Waals surface area contributed by atoms with Crippen LogP contribution in [0.4, 0.5) is 18.9 Å². The minimum atomic E-state index is -4.33. The molecule has 1 heterocycles. The summed E-state index contributed by atoms with van der Waals surface area (Å²) >= 11 is 0. The summed E-state index contributed by atoms with van der Waals surface area (Å²) in [6.07, 6.45) is -1.50. The van der Waals surface area contributed by atoms with E-state index in [1.165, 1.54) is 0 Å². The minimum Gasteiger partial charge on any atom is -0.482 e. The van der Waals surface area contributed by atoms with Crippen molar-refractivity contribution >= 4 is 5.69 Å². The van der Waals surface area contributed by atoms with Crippen LogP contribution in [0.25, 0.3) is 0 Å². The number of halogens is 3. The predicted octanol–water partition coefficient (Wildman–Crippen LogP) is 4.00. The highest BCUT2D eigenvalue weighted by Gasteiger charge is 2.29. The van der Waals surface area contributed by atoms with E-state index in [1.807, 2.05) is 0 Å². The second-order valence-corrected chi connectivity index (χ2v) is 5.17. The molecule has 3 nitrogen and oxygen atoms in total. The van der Waals surface area contributed by atoms with E-state index in [0.717, 1.165) is 19.3 Å². The Morgan fingerprint density at radius 3 is 2.81 bits per heavy atom. The number of ether oxygens (including phenoxy) is 2. The Labute approximate surface area is 122 Å². The van der Waals surface area contributed by atoms with Crippen LogP contribution in [0.3, 0.4) is 0 Å². The molecule has 1 aromatic rings. The molecule has 2 atom stereocenters. The lowest BCUT2D eigenvalue weighted by Gasteiger charge is -2.30. The number of rotatable bonds is 5. The molecule has 1 aromatic carbocycles. The quantitative estimate of drug-likeness (QED) is 0.892. The first-order chi connectivity index (χ1) is 9.98. The van der Waals surface area contributed by atoms with E-state index in [9.17, 15) is 13.2 Å². The van der Waals surface area contributed by atoms with Crippen molar-refractivity contribution in [2.75, 3.05) is 18.5 Å². The lowest BCUT2D eigenvalue weighted by Crippen LogP contribution is -2.33. The highest BCUT2D eigenvalue weighted by molar-refractivity contribution is 5.56. The first-order valence-corrected chi connectivity index (χ1v) is 7.14. The molecule has 0 radical (unpaired) electrons. The van der Waals surface area contributed by atoms with Gasteiger partial charge < -0.3 is 14.8 Å². The Hall–Kier alpha value is -1.43. The first-order valence-electron chi connectivity index (χ1n) is 7.14. The zero-order valence-electron chi connectivity index (χ0n) is 12.0. The highest BCUT2D eigenvalue weighted by atomic mass is 19.4. The maximum Gasteiger partial charge on any atom is 0.422 e. The summed E-state index contributed by atoms with van der Waals surface area (Å²) in [7, 11) is 0. The van der Waals surface area contributed by atoms with Crippen LogP contribution < -0.4 is 10.1 Å². The van der Waals surface area contributed by atoms with E-state index in [-0.39, 0.29) is 17.9 Å². The third-order valence-corrected chi connectivity index (χ3v) is 3.46. The summed E-state index contributed by atoms with van der Waals surface area (Å²) in [5.74, 6) is 0.231. The van der Waals surface area contributed by atoms with Crippen LogP contribution in [0, 0.1) is 0 Å². The van der Waals surface area contributed by atoms with Crippen LogP contribution in [-0.2, 0) is 4.74 Å². The molecule has 1 aliphatic rings. The SMILES string of the molecule is CCC1CC(Nc2ccccc2OCC(F)(F)F)CCO1. The fraction of sp³-hybridized carbons (Fsp3) is 0.600. The molecular weight excluding hydrogens is 283 g/mol. The molecule has 118 valence electrons. The van der Waals surface area contributed by atoms with Crippen molar-refractivity contribution in [2.45, 2.75) is 44.5 Å². The monoisotopic (exact) mass is 303 g/mol. The van der Waals surface area contributed by atoms with Gasteiger partial charge in [0.25, 0.3) is 0 Å². The highest BCUT2D eigenvalue weighted by Crippen LogP contribution is 2.29. The molecule has 0 amide bonds. The van der Waals surface area contributed by atoms with E-state index in [4.69, 9.17) is 9.47 Å². The Kier molecular flexibility index (Phi) is 5.33. The summed E-state index contributed by atoms with van der Waals surface area (Å²) in [5, 5.41) is 3.28. The molecule has 0 aliphatic carbocycles. The van der Waals surface area contributed by atoms with Crippen molar-refractivity contribution in [3.8, 4) is 5.75 Å². The van der Waals surface area contributed by atoms with Crippen LogP contribution in [0.1, 0.15) is 26.2 Å². The zero-order valence-corrected chi connectivity index (χ0v) is 12.0. The largest absolute Gasteiger partial charge is 0.482 e. The Morgan fingerprint density at radius 2 is 2.10 bits per heavy atom. The number of anilines is 1. The maximum atomic E-state index is 12.3. The van der Waals surface area contributed by atoms with Gasteiger partial charge in [0, 0.05) is 12.6 Å². The number of para-hydroxylation sites is 2. The molecule has 1 aliphatic heterocycles. The van der Waals surface area contributed by atoms with Crippen LogP contribution in [0.5, 0.6) is 5.75 Å². The molecular formula is C15H20F3NO2. The number of nitrogens with one attached hydrogen (secondary N) is 1. The van der Waals surface area contributed by atoms with Crippen molar-refractivity contribution in [3.63, 3.8) is 0 Å². The summed E-state index contributed by atoms with van der Waals surface area (Å²) in [4.78, 5) is 0. The zero-order chi connectivity index (χ0) is 15.3. The van der Waals surface area contributed by atoms with Gasteiger partial charge in [-0.1, -0.05) is 19.1 Å².